The van der Waals surface area contributed by atoms with Gasteiger partial charge >= 0.3 is 0 Å². The van der Waals surface area contributed by atoms with E-state index in [1.165, 1.54) is 12.1 Å². The lowest BCUT2D eigenvalue weighted by Crippen LogP contribution is -2.35. The molecule has 27 heavy (non-hydrogen) atoms. The Morgan fingerprint density at radius 3 is 2.89 bits per heavy atom. The van der Waals surface area contributed by atoms with E-state index in [9.17, 15) is 10.1 Å². The number of hydrogen-bond acceptors (Lipinski definition) is 6. The number of nitro benzene ring substituents is 1. The van der Waals surface area contributed by atoms with Gasteiger partial charge < -0.3 is 10.1 Å². The third kappa shape index (κ3) is 5.23. The highest BCUT2D eigenvalue weighted by Gasteiger charge is 2.23. The molecular weight excluding hydrogens is 344 g/mol. The van der Waals surface area contributed by atoms with Gasteiger partial charge in [-0.2, -0.15) is 0 Å². The van der Waals surface area contributed by atoms with Crippen molar-refractivity contribution in [3.05, 3.63) is 46.1 Å². The number of benzene rings is 1. The number of nitro groups is 1. The molecule has 1 aliphatic rings. The lowest BCUT2D eigenvalue weighted by atomic mass is 9.96. The molecule has 0 saturated carbocycles. The first-order valence-electron chi connectivity index (χ1n) is 9.39. The summed E-state index contributed by atoms with van der Waals surface area (Å²) in [5.74, 6) is 1.85. The van der Waals surface area contributed by atoms with Crippen molar-refractivity contribution in [1.29, 1.82) is 0 Å². The molecule has 7 nitrogen and oxygen atoms in total. The van der Waals surface area contributed by atoms with Gasteiger partial charge in [-0.1, -0.05) is 26.0 Å². The smallest absolute Gasteiger partial charge is 0.270 e. The molecule has 1 aliphatic heterocycles. The van der Waals surface area contributed by atoms with E-state index >= 15 is 0 Å². The van der Waals surface area contributed by atoms with Crippen LogP contribution < -0.4 is 5.32 Å². The summed E-state index contributed by atoms with van der Waals surface area (Å²) in [6.07, 6.45) is 3.22. The molecule has 0 amide bonds. The van der Waals surface area contributed by atoms with Crippen LogP contribution in [0.1, 0.15) is 38.8 Å². The average Bonchev–Trinajstić information content (AvgIpc) is 2.61. The van der Waals surface area contributed by atoms with Gasteiger partial charge in [0.2, 0.25) is 0 Å². The van der Waals surface area contributed by atoms with Crippen molar-refractivity contribution in [3.63, 3.8) is 0 Å². The molecular formula is C20H26N4O3. The predicted molar refractivity (Wildman–Crippen MR) is 105 cm³/mol. The van der Waals surface area contributed by atoms with Crippen molar-refractivity contribution in [3.8, 4) is 11.4 Å². The van der Waals surface area contributed by atoms with Crippen LogP contribution in [-0.4, -0.2) is 33.6 Å². The normalized spacial score (nSPS) is 19.9. The largest absolute Gasteiger partial charge is 0.378 e. The standard InChI is InChI=1S/C20H26N4O3/c1-13(2)9-18-12-16(7-8-27-18)22-19-10-14(3)21-20(23-19)15-5-4-6-17(11-15)24(25)26/h4-6,10-11,13,16,18H,7-9,12H2,1-3H3,(H,21,22,23). The molecule has 0 bridgehead atoms. The number of anilines is 1. The van der Waals surface area contributed by atoms with E-state index in [2.05, 4.69) is 29.1 Å². The maximum Gasteiger partial charge on any atom is 0.270 e. The zero-order valence-corrected chi connectivity index (χ0v) is 16.0. The quantitative estimate of drug-likeness (QED) is 0.600. The molecule has 2 unspecified atom stereocenters. The van der Waals surface area contributed by atoms with Gasteiger partial charge in [0.15, 0.2) is 5.82 Å². The number of nitrogens with zero attached hydrogens (tertiary/aromatic N) is 3. The Hall–Kier alpha value is -2.54. The van der Waals surface area contributed by atoms with Crippen LogP contribution in [0.3, 0.4) is 0 Å². The van der Waals surface area contributed by atoms with Gasteiger partial charge in [0.25, 0.3) is 5.69 Å². The fourth-order valence-electron chi connectivity index (χ4n) is 3.44. The Balaban J connectivity index is 1.77. The first-order valence-corrected chi connectivity index (χ1v) is 9.39. The molecule has 1 aromatic carbocycles. The van der Waals surface area contributed by atoms with E-state index in [1.807, 2.05) is 13.0 Å². The van der Waals surface area contributed by atoms with Crippen molar-refractivity contribution in [1.82, 2.24) is 9.97 Å². The molecule has 7 heteroatoms. The summed E-state index contributed by atoms with van der Waals surface area (Å²) in [7, 11) is 0. The third-order valence-electron chi connectivity index (χ3n) is 4.62. The Kier molecular flexibility index (Phi) is 6.01. The Bertz CT molecular complexity index is 810. The Morgan fingerprint density at radius 1 is 1.33 bits per heavy atom. The highest BCUT2D eigenvalue weighted by molar-refractivity contribution is 5.61. The van der Waals surface area contributed by atoms with Crippen LogP contribution in [0.4, 0.5) is 11.5 Å². The van der Waals surface area contributed by atoms with Crippen LogP contribution in [0, 0.1) is 23.0 Å². The van der Waals surface area contributed by atoms with Gasteiger partial charge in [0.1, 0.15) is 5.82 Å². The number of ether oxygens (including phenoxy) is 1. The van der Waals surface area contributed by atoms with E-state index in [4.69, 9.17) is 4.74 Å². The Labute approximate surface area is 159 Å². The van der Waals surface area contributed by atoms with Crippen molar-refractivity contribution in [2.24, 2.45) is 5.92 Å². The monoisotopic (exact) mass is 370 g/mol. The van der Waals surface area contributed by atoms with Gasteiger partial charge in [-0.05, 0) is 32.1 Å². The minimum absolute atomic E-state index is 0.0353. The molecule has 1 saturated heterocycles. The zero-order chi connectivity index (χ0) is 19.4. The average molecular weight is 370 g/mol. The van der Waals surface area contributed by atoms with E-state index in [0.29, 0.717) is 23.3 Å². The number of nitrogens with one attached hydrogen (secondary N) is 1. The maximum absolute atomic E-state index is 11.0. The highest BCUT2D eigenvalue weighted by atomic mass is 16.6. The lowest BCUT2D eigenvalue weighted by molar-refractivity contribution is -0.384. The second-order valence-electron chi connectivity index (χ2n) is 7.51. The molecule has 0 radical (unpaired) electrons. The number of non-ortho nitro benzene ring substituents is 1. The summed E-state index contributed by atoms with van der Waals surface area (Å²) in [6.45, 7) is 7.06. The summed E-state index contributed by atoms with van der Waals surface area (Å²) in [5.41, 5.74) is 1.49. The summed E-state index contributed by atoms with van der Waals surface area (Å²) >= 11 is 0. The van der Waals surface area contributed by atoms with Crippen LogP contribution in [0.25, 0.3) is 11.4 Å². The first-order chi connectivity index (χ1) is 12.9. The fraction of sp³-hybridized carbons (Fsp3) is 0.500. The molecule has 144 valence electrons. The first kappa shape index (κ1) is 19.2. The summed E-state index contributed by atoms with van der Waals surface area (Å²) in [6, 6.07) is 8.63. The summed E-state index contributed by atoms with van der Waals surface area (Å²) in [5, 5.41) is 14.5. The number of hydrogen-bond donors (Lipinski definition) is 1. The number of aromatic nitrogens is 2. The zero-order valence-electron chi connectivity index (χ0n) is 16.0. The third-order valence-corrected chi connectivity index (χ3v) is 4.62. The molecule has 0 aliphatic carbocycles. The number of rotatable bonds is 6. The van der Waals surface area contributed by atoms with Gasteiger partial charge in [0, 0.05) is 42.1 Å². The minimum Gasteiger partial charge on any atom is -0.378 e. The molecule has 2 aromatic rings. The van der Waals surface area contributed by atoms with Gasteiger partial charge in [-0.3, -0.25) is 10.1 Å². The van der Waals surface area contributed by atoms with Crippen LogP contribution in [0.5, 0.6) is 0 Å². The molecule has 1 N–H and O–H groups in total. The molecule has 2 atom stereocenters. The molecule has 0 spiro atoms. The maximum atomic E-state index is 11.0. The summed E-state index contributed by atoms with van der Waals surface area (Å²) in [4.78, 5) is 19.7. The second kappa shape index (κ2) is 8.43. The van der Waals surface area contributed by atoms with Crippen molar-refractivity contribution in [2.45, 2.75) is 52.2 Å². The molecule has 2 heterocycles. The SMILES string of the molecule is Cc1cc(NC2CCOC(CC(C)C)C2)nc(-c2cccc([N+](=O)[O-])c2)n1. The molecule has 1 fully saturated rings. The topological polar surface area (TPSA) is 90.2 Å². The predicted octanol–water partition coefficient (Wildman–Crippen LogP) is 4.37. The highest BCUT2D eigenvalue weighted by Crippen LogP contribution is 2.25. The van der Waals surface area contributed by atoms with E-state index < -0.39 is 4.92 Å². The van der Waals surface area contributed by atoms with Crippen molar-refractivity contribution < 1.29 is 9.66 Å². The van der Waals surface area contributed by atoms with Crippen molar-refractivity contribution in [2.75, 3.05) is 11.9 Å². The second-order valence-corrected chi connectivity index (χ2v) is 7.51. The van der Waals surface area contributed by atoms with E-state index in [0.717, 1.165) is 37.4 Å². The van der Waals surface area contributed by atoms with Crippen LogP contribution >= 0.6 is 0 Å². The molecule has 1 aromatic heterocycles. The lowest BCUT2D eigenvalue weighted by Gasteiger charge is -2.31. The minimum atomic E-state index is -0.407. The van der Waals surface area contributed by atoms with E-state index in [-0.39, 0.29) is 11.8 Å². The van der Waals surface area contributed by atoms with Crippen LogP contribution in [-0.2, 0) is 4.74 Å². The van der Waals surface area contributed by atoms with Crippen molar-refractivity contribution >= 4 is 11.5 Å². The van der Waals surface area contributed by atoms with Gasteiger partial charge in [-0.15, -0.1) is 0 Å². The van der Waals surface area contributed by atoms with Crippen LogP contribution in [0.15, 0.2) is 30.3 Å². The molecule has 3 rings (SSSR count). The van der Waals surface area contributed by atoms with Crippen LogP contribution in [0.2, 0.25) is 0 Å². The Morgan fingerprint density at radius 2 is 2.15 bits per heavy atom. The van der Waals surface area contributed by atoms with Gasteiger partial charge in [0.05, 0.1) is 11.0 Å². The number of aryl methyl sites for hydroxylation is 1. The van der Waals surface area contributed by atoms with E-state index in [1.54, 1.807) is 12.1 Å². The fourth-order valence-corrected chi connectivity index (χ4v) is 3.44. The van der Waals surface area contributed by atoms with Gasteiger partial charge in [-0.25, -0.2) is 9.97 Å². The summed E-state index contributed by atoms with van der Waals surface area (Å²) < 4.78 is 5.87.